The van der Waals surface area contributed by atoms with Crippen molar-refractivity contribution < 1.29 is 26.9 Å². The Morgan fingerprint density at radius 2 is 1.86 bits per heavy atom. The van der Waals surface area contributed by atoms with E-state index in [-0.39, 0.29) is 4.90 Å². The Bertz CT molecular complexity index is 613. The molecule has 7 nitrogen and oxygen atoms in total. The molecule has 1 aromatic carbocycles. The van der Waals surface area contributed by atoms with E-state index in [9.17, 15) is 18.0 Å². The summed E-state index contributed by atoms with van der Waals surface area (Å²) in [6.07, 6.45) is 0. The zero-order chi connectivity index (χ0) is 16.0. The van der Waals surface area contributed by atoms with E-state index in [2.05, 4.69) is 4.74 Å². The summed E-state index contributed by atoms with van der Waals surface area (Å²) in [5, 5.41) is 2.04. The van der Waals surface area contributed by atoms with Crippen LogP contribution in [0, 0.1) is 6.92 Å². The molecule has 1 N–H and O–H groups in total. The number of ether oxygens (including phenoxy) is 1. The first-order chi connectivity index (χ1) is 9.76. The van der Waals surface area contributed by atoms with Crippen molar-refractivity contribution in [3.05, 3.63) is 29.8 Å². The number of rotatable bonds is 6. The third kappa shape index (κ3) is 5.20. The van der Waals surface area contributed by atoms with Gasteiger partial charge < -0.3 is 10.1 Å². The number of amides is 1. The zero-order valence-corrected chi connectivity index (χ0v) is 12.3. The molecular weight excluding hydrogens is 297 g/mol. The minimum atomic E-state index is -4.05. The molecule has 21 heavy (non-hydrogen) atoms. The summed E-state index contributed by atoms with van der Waals surface area (Å²) in [7, 11) is 1.93. The molecule has 0 aliphatic heterocycles. The number of hydrogen-bond acceptors (Lipinski definition) is 6. The first-order valence-corrected chi connectivity index (χ1v) is 7.27. The lowest BCUT2D eigenvalue weighted by atomic mass is 10.1. The van der Waals surface area contributed by atoms with Crippen LogP contribution < -0.4 is 5.32 Å². The molecule has 1 amide bonds. The van der Waals surface area contributed by atoms with Crippen LogP contribution in [0.15, 0.2) is 29.2 Å². The van der Waals surface area contributed by atoms with Crippen LogP contribution in [-0.2, 0) is 23.8 Å². The molecule has 112 valence electrons. The van der Waals surface area contributed by atoms with Crippen molar-refractivity contribution >= 4 is 29.7 Å². The van der Waals surface area contributed by atoms with Crippen molar-refractivity contribution in [2.24, 2.45) is 0 Å². The molecule has 2 radical (unpaired) electrons. The topological polar surface area (TPSA) is 98.8 Å². The molecule has 1 unspecified atom stereocenters. The van der Waals surface area contributed by atoms with Gasteiger partial charge in [-0.2, -0.15) is 8.42 Å². The van der Waals surface area contributed by atoms with Crippen molar-refractivity contribution in [1.29, 1.82) is 0 Å². The number of carbonyl (C=O) groups excluding carboxylic acids is 2. The highest BCUT2D eigenvalue weighted by molar-refractivity contribution is 7.86. The molecule has 1 rings (SSSR count). The molecule has 0 saturated heterocycles. The van der Waals surface area contributed by atoms with Crippen LogP contribution >= 0.6 is 0 Å². The van der Waals surface area contributed by atoms with Gasteiger partial charge in [0.05, 0.1) is 18.6 Å². The molecule has 0 aromatic heterocycles. The van der Waals surface area contributed by atoms with Gasteiger partial charge in [-0.15, -0.1) is 0 Å². The molecule has 9 heteroatoms. The predicted molar refractivity (Wildman–Crippen MR) is 74.4 cm³/mol. The van der Waals surface area contributed by atoms with Gasteiger partial charge >= 0.3 is 5.97 Å². The van der Waals surface area contributed by atoms with Crippen LogP contribution in [0.5, 0.6) is 0 Å². The lowest BCUT2D eigenvalue weighted by molar-refractivity contribution is -0.143. The molecule has 0 heterocycles. The first-order valence-electron chi connectivity index (χ1n) is 5.86. The Kier molecular flexibility index (Phi) is 5.92. The SMILES string of the molecule is [B]C(=O)NC(COS(=O)(=O)c1ccc(C)cc1)C(=O)OC. The third-order valence-electron chi connectivity index (χ3n) is 2.50. The second-order valence-corrected chi connectivity index (χ2v) is 5.75. The standard InChI is InChI=1S/C12H14BNO6S/c1-8-3-5-9(6-4-8)21(17,18)20-7-10(11(15)19-2)14-12(13)16/h3-6,10H,7H2,1-2H3,(H,14,16). The number of esters is 1. The van der Waals surface area contributed by atoms with Gasteiger partial charge in [-0.3, -0.25) is 8.98 Å². The minimum absolute atomic E-state index is 0.0595. The van der Waals surface area contributed by atoms with E-state index in [1.807, 2.05) is 5.32 Å². The van der Waals surface area contributed by atoms with Gasteiger partial charge in [0.15, 0.2) is 11.8 Å². The highest BCUT2D eigenvalue weighted by Crippen LogP contribution is 2.13. The van der Waals surface area contributed by atoms with Gasteiger partial charge in [0.2, 0.25) is 7.85 Å². The normalized spacial score (nSPS) is 12.5. The fourth-order valence-corrected chi connectivity index (χ4v) is 2.33. The summed E-state index contributed by atoms with van der Waals surface area (Å²) in [5.41, 5.74) is 0.886. The molecule has 1 aromatic rings. The quantitative estimate of drug-likeness (QED) is 0.455. The monoisotopic (exact) mass is 311 g/mol. The maximum absolute atomic E-state index is 11.9. The Morgan fingerprint density at radius 3 is 2.33 bits per heavy atom. The summed E-state index contributed by atoms with van der Waals surface area (Å²) >= 11 is 0. The molecule has 0 aliphatic rings. The Hall–Kier alpha value is -1.87. The van der Waals surface area contributed by atoms with Gasteiger partial charge in [-0.05, 0) is 19.1 Å². The van der Waals surface area contributed by atoms with E-state index in [0.29, 0.717) is 0 Å². The molecular formula is C12H14BNO6S. The number of benzene rings is 1. The van der Waals surface area contributed by atoms with Crippen LogP contribution in [0.2, 0.25) is 0 Å². The Balaban J connectivity index is 2.80. The fraction of sp³-hybridized carbons (Fsp3) is 0.333. The van der Waals surface area contributed by atoms with Gasteiger partial charge in [-0.1, -0.05) is 17.7 Å². The smallest absolute Gasteiger partial charge is 0.330 e. The van der Waals surface area contributed by atoms with Crippen LogP contribution in [0.4, 0.5) is 4.79 Å². The fourth-order valence-electron chi connectivity index (χ4n) is 1.41. The predicted octanol–water partition coefficient (Wildman–Crippen LogP) is 0.120. The Labute approximate surface area is 124 Å². The number of hydrogen-bond donors (Lipinski definition) is 1. The summed E-state index contributed by atoms with van der Waals surface area (Å²) in [6.45, 7) is 1.19. The maximum Gasteiger partial charge on any atom is 0.330 e. The first kappa shape index (κ1) is 17.2. The van der Waals surface area contributed by atoms with Gasteiger partial charge in [-0.25, -0.2) is 4.79 Å². The van der Waals surface area contributed by atoms with E-state index in [1.54, 1.807) is 19.1 Å². The van der Waals surface area contributed by atoms with Crippen molar-refractivity contribution in [2.45, 2.75) is 17.9 Å². The van der Waals surface area contributed by atoms with E-state index in [1.165, 1.54) is 12.1 Å². The minimum Gasteiger partial charge on any atom is -0.467 e. The van der Waals surface area contributed by atoms with Crippen LogP contribution in [0.3, 0.4) is 0 Å². The van der Waals surface area contributed by atoms with Crippen molar-refractivity contribution in [2.75, 3.05) is 13.7 Å². The summed E-state index contributed by atoms with van der Waals surface area (Å²) in [4.78, 5) is 22.1. The summed E-state index contributed by atoms with van der Waals surface area (Å²) in [5.74, 6) is -1.87. The molecule has 0 fully saturated rings. The van der Waals surface area contributed by atoms with Crippen LogP contribution in [-0.4, -0.2) is 47.8 Å². The van der Waals surface area contributed by atoms with Gasteiger partial charge in [0.25, 0.3) is 10.1 Å². The van der Waals surface area contributed by atoms with Crippen molar-refractivity contribution in [3.8, 4) is 0 Å². The summed E-state index contributed by atoms with van der Waals surface area (Å²) < 4.78 is 33.0. The van der Waals surface area contributed by atoms with Crippen LogP contribution in [0.25, 0.3) is 0 Å². The molecule has 0 bridgehead atoms. The second kappa shape index (κ2) is 7.23. The molecule has 0 aliphatic carbocycles. The Morgan fingerprint density at radius 1 is 1.29 bits per heavy atom. The van der Waals surface area contributed by atoms with Gasteiger partial charge in [0.1, 0.15) is 0 Å². The van der Waals surface area contributed by atoms with E-state index < -0.39 is 34.5 Å². The largest absolute Gasteiger partial charge is 0.467 e. The highest BCUT2D eigenvalue weighted by Gasteiger charge is 2.24. The van der Waals surface area contributed by atoms with Crippen molar-refractivity contribution in [3.63, 3.8) is 0 Å². The molecule has 1 atom stereocenters. The van der Waals surface area contributed by atoms with E-state index >= 15 is 0 Å². The zero-order valence-electron chi connectivity index (χ0n) is 11.5. The number of carbonyl (C=O) groups is 2. The average molecular weight is 311 g/mol. The van der Waals surface area contributed by atoms with E-state index in [0.717, 1.165) is 12.7 Å². The summed E-state index contributed by atoms with van der Waals surface area (Å²) in [6, 6.07) is 4.65. The van der Waals surface area contributed by atoms with E-state index in [4.69, 9.17) is 12.0 Å². The van der Waals surface area contributed by atoms with Crippen LogP contribution in [0.1, 0.15) is 5.56 Å². The lowest BCUT2D eigenvalue weighted by Crippen LogP contribution is -2.44. The average Bonchev–Trinajstić information content (AvgIpc) is 2.42. The number of methoxy groups -OCH3 is 1. The maximum atomic E-state index is 11.9. The highest BCUT2D eigenvalue weighted by atomic mass is 32.2. The molecule has 0 spiro atoms. The third-order valence-corrected chi connectivity index (χ3v) is 3.80. The van der Waals surface area contributed by atoms with Gasteiger partial charge in [0, 0.05) is 0 Å². The second-order valence-electron chi connectivity index (χ2n) is 4.14. The number of nitrogens with one attached hydrogen (secondary N) is 1. The van der Waals surface area contributed by atoms with Crippen molar-refractivity contribution in [1.82, 2.24) is 5.32 Å². The number of aryl methyl sites for hydroxylation is 1. The molecule has 0 saturated carbocycles. The lowest BCUT2D eigenvalue weighted by Gasteiger charge is -2.15.